The largest absolute Gasteiger partial charge is 0.329 e. The van der Waals surface area contributed by atoms with Gasteiger partial charge < -0.3 is 0 Å². The van der Waals surface area contributed by atoms with Crippen molar-refractivity contribution in [1.29, 1.82) is 0 Å². The van der Waals surface area contributed by atoms with Crippen molar-refractivity contribution in [3.8, 4) is 0 Å². The number of allylic oxidation sites excluding steroid dienone is 1. The van der Waals surface area contributed by atoms with E-state index in [0.29, 0.717) is 11.1 Å². The fourth-order valence-corrected chi connectivity index (χ4v) is 2.91. The molecule has 1 N–H and O–H groups in total. The number of benzene rings is 1. The summed E-state index contributed by atoms with van der Waals surface area (Å²) in [5.41, 5.74) is 1.72. The third kappa shape index (κ3) is 3.30. The van der Waals surface area contributed by atoms with Gasteiger partial charge in [-0.3, -0.25) is 19.1 Å². The van der Waals surface area contributed by atoms with Crippen molar-refractivity contribution in [2.75, 3.05) is 0 Å². The lowest BCUT2D eigenvalue weighted by Crippen LogP contribution is -2.37. The minimum Gasteiger partial charge on any atom is -0.287 e. The van der Waals surface area contributed by atoms with Gasteiger partial charge in [0.25, 0.3) is 5.56 Å². The predicted molar refractivity (Wildman–Crippen MR) is 95.0 cm³/mol. The van der Waals surface area contributed by atoms with E-state index in [2.05, 4.69) is 11.6 Å². The number of aromatic nitrogens is 2. The van der Waals surface area contributed by atoms with E-state index in [0.717, 1.165) is 11.1 Å². The molecule has 0 fully saturated rings. The zero-order valence-corrected chi connectivity index (χ0v) is 14.5. The minimum atomic E-state index is -0.600. The Balaban J connectivity index is 2.84. The van der Waals surface area contributed by atoms with Crippen LogP contribution in [-0.2, 0) is 6.54 Å². The molecule has 0 spiro atoms. The third-order valence-corrected chi connectivity index (χ3v) is 3.82. The molecule has 1 heterocycles. The summed E-state index contributed by atoms with van der Waals surface area (Å²) in [5.74, 6) is -0.522. The van der Waals surface area contributed by atoms with Gasteiger partial charge in [-0.15, -0.1) is 6.58 Å². The molecule has 1 aromatic carbocycles. The van der Waals surface area contributed by atoms with Crippen molar-refractivity contribution in [3.63, 3.8) is 0 Å². The first-order valence-electron chi connectivity index (χ1n) is 7.87. The number of hydrogen-bond donors (Lipinski definition) is 1. The Morgan fingerprint density at radius 2 is 1.79 bits per heavy atom. The van der Waals surface area contributed by atoms with Crippen molar-refractivity contribution in [2.24, 2.45) is 0 Å². The van der Waals surface area contributed by atoms with E-state index in [9.17, 15) is 14.4 Å². The smallest absolute Gasteiger partial charge is 0.287 e. The van der Waals surface area contributed by atoms with E-state index in [1.807, 2.05) is 33.8 Å². The van der Waals surface area contributed by atoms with Gasteiger partial charge in [0.05, 0.1) is 0 Å². The molecular weight excluding hydrogens is 304 g/mol. The summed E-state index contributed by atoms with van der Waals surface area (Å²) in [6.45, 7) is 11.2. The van der Waals surface area contributed by atoms with Crippen LogP contribution in [0.15, 0.2) is 40.4 Å². The van der Waals surface area contributed by atoms with Gasteiger partial charge >= 0.3 is 5.69 Å². The van der Waals surface area contributed by atoms with Crippen molar-refractivity contribution in [1.82, 2.24) is 9.55 Å². The van der Waals surface area contributed by atoms with Crippen molar-refractivity contribution >= 4 is 5.78 Å². The summed E-state index contributed by atoms with van der Waals surface area (Å²) in [7, 11) is 0. The Bertz CT molecular complexity index is 897. The van der Waals surface area contributed by atoms with Gasteiger partial charge in [-0.1, -0.05) is 37.1 Å². The van der Waals surface area contributed by atoms with Gasteiger partial charge in [0.2, 0.25) is 5.78 Å². The maximum atomic E-state index is 13.1. The Morgan fingerprint density at radius 3 is 2.29 bits per heavy atom. The second-order valence-corrected chi connectivity index (χ2v) is 6.28. The lowest BCUT2D eigenvalue weighted by molar-refractivity contribution is 0.102. The van der Waals surface area contributed by atoms with Crippen LogP contribution in [0.4, 0.5) is 0 Å². The molecule has 5 heteroatoms. The molecular formula is C19H22N2O3. The fraction of sp³-hybridized carbons (Fsp3) is 0.316. The first-order chi connectivity index (χ1) is 11.3. The standard InChI is InChI=1S/C19H22N2O3/c1-6-7-21-16(15(11(2)3)18(23)20-19(21)24)17(22)14-9-12(4)8-13(5)10-14/h6,8-11H,1,7H2,2-5H3,(H,20,23,24). The second-order valence-electron chi connectivity index (χ2n) is 6.28. The van der Waals surface area contributed by atoms with Gasteiger partial charge in [0.1, 0.15) is 5.69 Å². The van der Waals surface area contributed by atoms with E-state index < -0.39 is 11.2 Å². The monoisotopic (exact) mass is 326 g/mol. The molecule has 0 unspecified atom stereocenters. The van der Waals surface area contributed by atoms with Crippen LogP contribution in [0.1, 0.15) is 52.5 Å². The average molecular weight is 326 g/mol. The Kier molecular flexibility index (Phi) is 5.02. The number of H-pyrrole nitrogens is 1. The molecule has 0 amide bonds. The Morgan fingerprint density at radius 1 is 1.21 bits per heavy atom. The van der Waals surface area contributed by atoms with Crippen LogP contribution in [0.25, 0.3) is 0 Å². The molecule has 0 aliphatic carbocycles. The van der Waals surface area contributed by atoms with E-state index in [1.165, 1.54) is 10.6 Å². The molecule has 126 valence electrons. The molecule has 0 aliphatic heterocycles. The molecule has 2 aromatic rings. The average Bonchev–Trinajstić information content (AvgIpc) is 2.47. The highest BCUT2D eigenvalue weighted by Gasteiger charge is 2.24. The number of nitrogens with one attached hydrogen (secondary N) is 1. The summed E-state index contributed by atoms with van der Waals surface area (Å²) in [6.07, 6.45) is 1.53. The predicted octanol–water partition coefficient (Wildman–Crippen LogP) is 2.69. The summed E-state index contributed by atoms with van der Waals surface area (Å²) in [6, 6.07) is 5.50. The van der Waals surface area contributed by atoms with Crippen molar-refractivity contribution < 1.29 is 4.79 Å². The summed E-state index contributed by atoms with van der Waals surface area (Å²) < 4.78 is 1.28. The van der Waals surface area contributed by atoms with Crippen molar-refractivity contribution in [3.05, 3.63) is 79.6 Å². The summed E-state index contributed by atoms with van der Waals surface area (Å²) in [5, 5.41) is 0. The summed E-state index contributed by atoms with van der Waals surface area (Å²) in [4.78, 5) is 39.9. The van der Waals surface area contributed by atoms with Gasteiger partial charge in [-0.05, 0) is 31.9 Å². The van der Waals surface area contributed by atoms with E-state index >= 15 is 0 Å². The van der Waals surface area contributed by atoms with Crippen LogP contribution in [0, 0.1) is 13.8 Å². The summed E-state index contributed by atoms with van der Waals surface area (Å²) >= 11 is 0. The van der Waals surface area contributed by atoms with Gasteiger partial charge in [0.15, 0.2) is 0 Å². The Hall–Kier alpha value is -2.69. The molecule has 0 saturated carbocycles. The second kappa shape index (κ2) is 6.83. The number of ketones is 1. The number of rotatable bonds is 5. The number of aromatic amines is 1. The zero-order valence-electron chi connectivity index (χ0n) is 14.5. The van der Waals surface area contributed by atoms with Gasteiger partial charge in [-0.2, -0.15) is 0 Å². The fourth-order valence-electron chi connectivity index (χ4n) is 2.91. The van der Waals surface area contributed by atoms with Gasteiger partial charge in [-0.25, -0.2) is 4.79 Å². The highest BCUT2D eigenvalue weighted by molar-refractivity contribution is 6.09. The number of hydrogen-bond acceptors (Lipinski definition) is 3. The van der Waals surface area contributed by atoms with Crippen LogP contribution in [0.2, 0.25) is 0 Å². The molecule has 0 saturated heterocycles. The number of aryl methyl sites for hydroxylation is 2. The molecule has 2 rings (SSSR count). The van der Waals surface area contributed by atoms with Crippen LogP contribution in [0.5, 0.6) is 0 Å². The van der Waals surface area contributed by atoms with Crippen LogP contribution >= 0.6 is 0 Å². The number of nitrogens with zero attached hydrogens (tertiary/aromatic N) is 1. The quantitative estimate of drug-likeness (QED) is 0.678. The molecule has 5 nitrogen and oxygen atoms in total. The molecule has 0 atom stereocenters. The van der Waals surface area contributed by atoms with Crippen LogP contribution in [0.3, 0.4) is 0 Å². The molecule has 0 bridgehead atoms. The maximum Gasteiger partial charge on any atom is 0.329 e. The molecule has 24 heavy (non-hydrogen) atoms. The van der Waals surface area contributed by atoms with Crippen molar-refractivity contribution in [2.45, 2.75) is 40.2 Å². The van der Waals surface area contributed by atoms with E-state index in [4.69, 9.17) is 0 Å². The lowest BCUT2D eigenvalue weighted by atomic mass is 9.95. The van der Waals surface area contributed by atoms with E-state index in [1.54, 1.807) is 12.1 Å². The third-order valence-electron chi connectivity index (χ3n) is 3.82. The zero-order chi connectivity index (χ0) is 18.0. The minimum absolute atomic E-state index is 0.142. The molecule has 1 aromatic heterocycles. The lowest BCUT2D eigenvalue weighted by Gasteiger charge is -2.16. The van der Waals surface area contributed by atoms with E-state index in [-0.39, 0.29) is 23.9 Å². The molecule has 0 radical (unpaired) electrons. The molecule has 0 aliphatic rings. The van der Waals surface area contributed by atoms with Gasteiger partial charge in [0, 0.05) is 17.7 Å². The highest BCUT2D eigenvalue weighted by Crippen LogP contribution is 2.19. The van der Waals surface area contributed by atoms with Crippen LogP contribution in [-0.4, -0.2) is 15.3 Å². The normalized spacial score (nSPS) is 10.9. The Labute approximate surface area is 140 Å². The number of carbonyl (C=O) groups is 1. The SMILES string of the molecule is C=CCn1c(C(=O)c2cc(C)cc(C)c2)c(C(C)C)c(=O)[nH]c1=O. The number of carbonyl (C=O) groups excluding carboxylic acids is 1. The first-order valence-corrected chi connectivity index (χ1v) is 7.87. The van der Waals surface area contributed by atoms with Crippen LogP contribution < -0.4 is 11.2 Å². The highest BCUT2D eigenvalue weighted by atomic mass is 16.2. The maximum absolute atomic E-state index is 13.1. The topological polar surface area (TPSA) is 71.9 Å². The first kappa shape index (κ1) is 17.7.